The molecule has 0 N–H and O–H groups in total. The highest BCUT2D eigenvalue weighted by Crippen LogP contribution is 2.33. The predicted octanol–water partition coefficient (Wildman–Crippen LogP) is 6.06. The minimum absolute atomic E-state index is 0.0337. The zero-order valence-corrected chi connectivity index (χ0v) is 22.6. The van der Waals surface area contributed by atoms with Crippen LogP contribution in [0.3, 0.4) is 0 Å². The third-order valence-corrected chi connectivity index (χ3v) is 6.75. The normalized spacial score (nSPS) is 11.2. The number of methoxy groups -OCH3 is 1. The van der Waals surface area contributed by atoms with Gasteiger partial charge in [0.1, 0.15) is 23.7 Å². The molecule has 4 aromatic carbocycles. The quantitative estimate of drug-likeness (QED) is 0.122. The highest BCUT2D eigenvalue weighted by molar-refractivity contribution is 5.89. The first kappa shape index (κ1) is 26.9. The number of furan rings is 1. The molecule has 0 bridgehead atoms. The number of hydrogen-bond acceptors (Lipinski definition) is 9. The summed E-state index contributed by atoms with van der Waals surface area (Å²) in [5, 5.41) is 26.4. The first-order valence-corrected chi connectivity index (χ1v) is 13.0. The van der Waals surface area contributed by atoms with E-state index in [9.17, 15) is 20.2 Å². The maximum Gasteiger partial charge on any atom is 0.282 e. The van der Waals surface area contributed by atoms with Gasteiger partial charge in [-0.15, -0.1) is 0 Å². The summed E-state index contributed by atoms with van der Waals surface area (Å²) in [4.78, 5) is 29.4. The van der Waals surface area contributed by atoms with Crippen molar-refractivity contribution in [1.29, 1.82) is 5.26 Å². The molecule has 6 aromatic rings. The van der Waals surface area contributed by atoms with E-state index in [1.54, 1.807) is 79.9 Å². The standard InChI is InChI=1S/C32H21N5O6/c1-41-28-11-6-12-29-25(28)16-30(43-29)31-35-26-10-5-4-9-24(26)32(38)36(31)34-18-22-15-23(37(39)40)13-14-27(22)42-19-21-8-3-2-7-20(21)17-33/h2-16,18H,19H2,1H3. The number of nitrogens with zero attached hydrogens (tertiary/aromatic N) is 5. The van der Waals surface area contributed by atoms with E-state index in [2.05, 4.69) is 16.2 Å². The van der Waals surface area contributed by atoms with Crippen LogP contribution in [0.4, 0.5) is 5.69 Å². The predicted molar refractivity (Wildman–Crippen MR) is 159 cm³/mol. The van der Waals surface area contributed by atoms with Crippen LogP contribution < -0.4 is 15.0 Å². The zero-order valence-electron chi connectivity index (χ0n) is 22.6. The summed E-state index contributed by atoms with van der Waals surface area (Å²) >= 11 is 0. The van der Waals surface area contributed by atoms with E-state index in [-0.39, 0.29) is 35.2 Å². The molecule has 2 aromatic heterocycles. The van der Waals surface area contributed by atoms with Crippen LogP contribution in [0.1, 0.15) is 16.7 Å². The van der Waals surface area contributed by atoms with Gasteiger partial charge in [0.25, 0.3) is 11.2 Å². The van der Waals surface area contributed by atoms with Crippen LogP contribution in [-0.2, 0) is 6.61 Å². The summed E-state index contributed by atoms with van der Waals surface area (Å²) in [5.41, 5.74) is 1.63. The average molecular weight is 572 g/mol. The van der Waals surface area contributed by atoms with Crippen LogP contribution in [0.2, 0.25) is 0 Å². The van der Waals surface area contributed by atoms with Gasteiger partial charge >= 0.3 is 0 Å². The van der Waals surface area contributed by atoms with Crippen molar-refractivity contribution in [3.05, 3.63) is 128 Å². The Morgan fingerprint density at radius 1 is 1.02 bits per heavy atom. The number of benzene rings is 4. The van der Waals surface area contributed by atoms with Crippen molar-refractivity contribution in [2.75, 3.05) is 7.11 Å². The Morgan fingerprint density at radius 3 is 2.65 bits per heavy atom. The fraction of sp³-hybridized carbons (Fsp3) is 0.0625. The van der Waals surface area contributed by atoms with Crippen molar-refractivity contribution in [2.24, 2.45) is 5.10 Å². The molecular formula is C32H21N5O6. The van der Waals surface area contributed by atoms with Gasteiger partial charge in [-0.25, -0.2) is 4.98 Å². The monoisotopic (exact) mass is 571 g/mol. The third-order valence-electron chi connectivity index (χ3n) is 6.75. The second-order valence-electron chi connectivity index (χ2n) is 9.33. The highest BCUT2D eigenvalue weighted by Gasteiger charge is 2.19. The number of hydrogen-bond donors (Lipinski definition) is 0. The molecule has 0 spiro atoms. The number of nitro benzene ring substituents is 1. The van der Waals surface area contributed by atoms with Crippen molar-refractivity contribution in [3.63, 3.8) is 0 Å². The molecule has 6 rings (SSSR count). The molecule has 0 amide bonds. The number of ether oxygens (including phenoxy) is 2. The first-order valence-electron chi connectivity index (χ1n) is 13.0. The number of nitro groups is 1. The van der Waals surface area contributed by atoms with Crippen LogP contribution in [0.25, 0.3) is 33.5 Å². The average Bonchev–Trinajstić information content (AvgIpc) is 3.48. The van der Waals surface area contributed by atoms with E-state index < -0.39 is 10.5 Å². The molecular weight excluding hydrogens is 550 g/mol. The number of para-hydroxylation sites is 1. The lowest BCUT2D eigenvalue weighted by Gasteiger charge is -2.11. The Hall–Kier alpha value is -6.28. The number of rotatable bonds is 8. The molecule has 0 aliphatic rings. The summed E-state index contributed by atoms with van der Waals surface area (Å²) in [5.74, 6) is 1.23. The minimum atomic E-state index is -0.539. The summed E-state index contributed by atoms with van der Waals surface area (Å²) < 4.78 is 18.6. The van der Waals surface area contributed by atoms with Gasteiger partial charge in [-0.05, 0) is 42.5 Å². The van der Waals surface area contributed by atoms with Crippen LogP contribution >= 0.6 is 0 Å². The van der Waals surface area contributed by atoms with E-state index in [1.165, 1.54) is 24.4 Å². The molecule has 0 fully saturated rings. The fourth-order valence-electron chi connectivity index (χ4n) is 4.63. The lowest BCUT2D eigenvalue weighted by atomic mass is 10.1. The number of fused-ring (bicyclic) bond motifs is 2. The van der Waals surface area contributed by atoms with Crippen molar-refractivity contribution >= 4 is 33.8 Å². The minimum Gasteiger partial charge on any atom is -0.496 e. The Kier molecular flexibility index (Phi) is 7.08. The Morgan fingerprint density at radius 2 is 1.84 bits per heavy atom. The molecule has 43 heavy (non-hydrogen) atoms. The largest absolute Gasteiger partial charge is 0.496 e. The molecule has 0 aliphatic heterocycles. The van der Waals surface area contributed by atoms with Gasteiger partial charge in [0.05, 0.1) is 46.2 Å². The summed E-state index contributed by atoms with van der Waals surface area (Å²) in [6.45, 7) is 0.0337. The molecule has 0 atom stereocenters. The first-order chi connectivity index (χ1) is 21.0. The van der Waals surface area contributed by atoms with Crippen molar-refractivity contribution in [3.8, 4) is 29.2 Å². The summed E-state index contributed by atoms with van der Waals surface area (Å²) in [6, 6.07) is 27.0. The molecule has 2 heterocycles. The van der Waals surface area contributed by atoms with Crippen molar-refractivity contribution in [2.45, 2.75) is 6.61 Å². The van der Waals surface area contributed by atoms with Crippen molar-refractivity contribution < 1.29 is 18.8 Å². The number of non-ortho nitro benzene ring substituents is 1. The van der Waals surface area contributed by atoms with Crippen LogP contribution in [0.15, 0.2) is 105 Å². The van der Waals surface area contributed by atoms with Gasteiger partial charge < -0.3 is 13.9 Å². The maximum absolute atomic E-state index is 13.7. The van der Waals surface area contributed by atoms with Gasteiger partial charge in [-0.3, -0.25) is 14.9 Å². The van der Waals surface area contributed by atoms with E-state index in [0.717, 1.165) is 4.68 Å². The molecule has 11 heteroatoms. The molecule has 0 saturated heterocycles. The molecule has 0 unspecified atom stereocenters. The van der Waals surface area contributed by atoms with Crippen LogP contribution in [0, 0.1) is 21.4 Å². The topological polar surface area (TPSA) is 146 Å². The fourth-order valence-corrected chi connectivity index (χ4v) is 4.63. The molecule has 0 saturated carbocycles. The second-order valence-corrected chi connectivity index (χ2v) is 9.33. The smallest absolute Gasteiger partial charge is 0.282 e. The molecule has 210 valence electrons. The highest BCUT2D eigenvalue weighted by atomic mass is 16.6. The van der Waals surface area contributed by atoms with Crippen LogP contribution in [0.5, 0.6) is 11.5 Å². The molecule has 0 aliphatic carbocycles. The third kappa shape index (κ3) is 5.16. The zero-order chi connectivity index (χ0) is 29.9. The van der Waals surface area contributed by atoms with Crippen molar-refractivity contribution in [1.82, 2.24) is 9.66 Å². The van der Waals surface area contributed by atoms with Gasteiger partial charge in [-0.1, -0.05) is 36.4 Å². The van der Waals surface area contributed by atoms with Gasteiger partial charge in [0.15, 0.2) is 5.76 Å². The Labute approximate surface area is 243 Å². The van der Waals surface area contributed by atoms with E-state index in [0.29, 0.717) is 38.7 Å². The number of nitriles is 1. The molecule has 0 radical (unpaired) electrons. The van der Waals surface area contributed by atoms with Gasteiger partial charge in [0, 0.05) is 23.3 Å². The van der Waals surface area contributed by atoms with E-state index in [1.807, 2.05) is 0 Å². The SMILES string of the molecule is COc1cccc2oc(-c3nc4ccccc4c(=O)n3N=Cc3cc([N+](=O)[O-])ccc3OCc3ccccc3C#N)cc12. The van der Waals surface area contributed by atoms with Crippen LogP contribution in [-0.4, -0.2) is 27.9 Å². The van der Waals surface area contributed by atoms with Gasteiger partial charge in [0.2, 0.25) is 5.82 Å². The summed E-state index contributed by atoms with van der Waals surface area (Å²) in [6.07, 6.45) is 1.29. The second kappa shape index (κ2) is 11.3. The van der Waals surface area contributed by atoms with E-state index >= 15 is 0 Å². The lowest BCUT2D eigenvalue weighted by Crippen LogP contribution is -2.20. The number of aromatic nitrogens is 2. The van der Waals surface area contributed by atoms with Gasteiger partial charge in [-0.2, -0.15) is 15.0 Å². The van der Waals surface area contributed by atoms with E-state index in [4.69, 9.17) is 13.9 Å². The lowest BCUT2D eigenvalue weighted by molar-refractivity contribution is -0.384. The maximum atomic E-state index is 13.7. The summed E-state index contributed by atoms with van der Waals surface area (Å²) in [7, 11) is 1.55. The molecule has 11 nitrogen and oxygen atoms in total. The Balaban J connectivity index is 1.48. The Bertz CT molecular complexity index is 2160.